The molecule has 3 rings (SSSR count). The van der Waals surface area contributed by atoms with Crippen LogP contribution in [-0.2, 0) is 16.1 Å². The van der Waals surface area contributed by atoms with Gasteiger partial charge in [0.15, 0.2) is 5.16 Å². The summed E-state index contributed by atoms with van der Waals surface area (Å²) in [6, 6.07) is 1.73. The molecule has 0 radical (unpaired) electrons. The summed E-state index contributed by atoms with van der Waals surface area (Å²) < 4.78 is 1.59. The molecule has 1 atom stereocenters. The minimum atomic E-state index is -1.10. The fraction of sp³-hybridized carbons (Fsp3) is 0.385. The number of carboxylic acid groups (broad SMARTS) is 1. The summed E-state index contributed by atoms with van der Waals surface area (Å²) in [4.78, 5) is 39.5. The minimum Gasteiger partial charge on any atom is -0.480 e. The number of nitrogens with zero attached hydrogens (tertiary/aromatic N) is 2. The van der Waals surface area contributed by atoms with Crippen molar-refractivity contribution in [2.45, 2.75) is 36.2 Å². The van der Waals surface area contributed by atoms with Crippen molar-refractivity contribution in [2.75, 3.05) is 0 Å². The lowest BCUT2D eigenvalue weighted by Gasteiger charge is -2.12. The predicted molar refractivity (Wildman–Crippen MR) is 80.0 cm³/mol. The fourth-order valence-electron chi connectivity index (χ4n) is 2.32. The number of carbonyl (C=O) groups is 2. The van der Waals surface area contributed by atoms with Gasteiger partial charge in [-0.3, -0.25) is 19.0 Å². The molecular formula is C13H12N2O4S2. The van der Waals surface area contributed by atoms with E-state index in [2.05, 4.69) is 4.98 Å². The van der Waals surface area contributed by atoms with E-state index in [1.807, 2.05) is 0 Å². The number of hydrogen-bond acceptors (Lipinski definition) is 6. The Balaban J connectivity index is 2.07. The fourth-order valence-corrected chi connectivity index (χ4v) is 4.32. The Hall–Kier alpha value is -1.67. The molecular weight excluding hydrogens is 312 g/mol. The molecule has 1 fully saturated rings. The van der Waals surface area contributed by atoms with E-state index in [1.165, 1.54) is 23.1 Å². The molecule has 1 aliphatic rings. The molecule has 6 nitrogen and oxygen atoms in total. The molecule has 1 saturated carbocycles. The number of rotatable bonds is 4. The van der Waals surface area contributed by atoms with Crippen LogP contribution in [0.15, 0.2) is 21.4 Å². The molecule has 0 aliphatic heterocycles. The van der Waals surface area contributed by atoms with Crippen LogP contribution in [0.4, 0.5) is 0 Å². The van der Waals surface area contributed by atoms with Gasteiger partial charge in [-0.15, -0.1) is 11.3 Å². The Bertz CT molecular complexity index is 780. The van der Waals surface area contributed by atoms with Crippen LogP contribution in [0.1, 0.15) is 19.3 Å². The number of ketones is 1. The Morgan fingerprint density at radius 2 is 2.33 bits per heavy atom. The van der Waals surface area contributed by atoms with Crippen LogP contribution in [0.5, 0.6) is 0 Å². The van der Waals surface area contributed by atoms with Crippen LogP contribution in [0.25, 0.3) is 10.2 Å². The highest BCUT2D eigenvalue weighted by Crippen LogP contribution is 2.32. The van der Waals surface area contributed by atoms with Crippen molar-refractivity contribution in [3.8, 4) is 0 Å². The van der Waals surface area contributed by atoms with E-state index in [4.69, 9.17) is 5.11 Å². The quantitative estimate of drug-likeness (QED) is 0.862. The van der Waals surface area contributed by atoms with Crippen molar-refractivity contribution in [1.82, 2.24) is 9.55 Å². The smallest absolute Gasteiger partial charge is 0.323 e. The van der Waals surface area contributed by atoms with Crippen LogP contribution < -0.4 is 5.56 Å². The highest BCUT2D eigenvalue weighted by atomic mass is 32.2. The van der Waals surface area contributed by atoms with Crippen molar-refractivity contribution in [1.29, 1.82) is 0 Å². The van der Waals surface area contributed by atoms with E-state index in [0.717, 1.165) is 17.4 Å². The first-order valence-corrected chi connectivity index (χ1v) is 8.21. The molecule has 1 aliphatic carbocycles. The Morgan fingerprint density at radius 3 is 3.00 bits per heavy atom. The lowest BCUT2D eigenvalue weighted by atomic mass is 10.3. The number of fused-ring (bicyclic) bond motifs is 1. The number of aliphatic carboxylic acids is 1. The predicted octanol–water partition coefficient (Wildman–Crippen LogP) is 1.76. The molecule has 0 bridgehead atoms. The van der Waals surface area contributed by atoms with E-state index in [0.29, 0.717) is 21.8 Å². The zero-order chi connectivity index (χ0) is 15.0. The van der Waals surface area contributed by atoms with Crippen LogP contribution in [-0.4, -0.2) is 31.7 Å². The largest absolute Gasteiger partial charge is 0.480 e. The summed E-state index contributed by atoms with van der Waals surface area (Å²) in [6.45, 7) is -0.442. The van der Waals surface area contributed by atoms with Crippen molar-refractivity contribution in [2.24, 2.45) is 0 Å². The van der Waals surface area contributed by atoms with Gasteiger partial charge in [0, 0.05) is 6.42 Å². The van der Waals surface area contributed by atoms with Crippen LogP contribution in [0.2, 0.25) is 0 Å². The molecule has 0 aromatic carbocycles. The van der Waals surface area contributed by atoms with Crippen molar-refractivity contribution in [3.63, 3.8) is 0 Å². The van der Waals surface area contributed by atoms with Gasteiger partial charge in [0.05, 0.1) is 10.8 Å². The second kappa shape index (κ2) is 5.61. The summed E-state index contributed by atoms with van der Waals surface area (Å²) in [5.74, 6) is -0.962. The van der Waals surface area contributed by atoms with Gasteiger partial charge in [0.2, 0.25) is 0 Å². The summed E-state index contributed by atoms with van der Waals surface area (Å²) in [5, 5.41) is 10.8. The number of thiophene rings is 1. The maximum atomic E-state index is 12.4. The van der Waals surface area contributed by atoms with Gasteiger partial charge >= 0.3 is 5.97 Å². The molecule has 0 spiro atoms. The zero-order valence-electron chi connectivity index (χ0n) is 10.9. The average Bonchev–Trinajstić information content (AvgIpc) is 3.04. The summed E-state index contributed by atoms with van der Waals surface area (Å²) in [7, 11) is 0. The number of Topliss-reactive ketones (excluding diaryl/α,β-unsaturated/α-hetero) is 1. The van der Waals surface area contributed by atoms with Gasteiger partial charge in [-0.2, -0.15) is 0 Å². The highest BCUT2D eigenvalue weighted by Gasteiger charge is 2.28. The number of carboxylic acids is 1. The standard InChI is InChI=1S/C13H12N2O4S2/c16-8-2-1-3-9(8)21-13-14-7-4-5-20-11(7)12(19)15(13)6-10(17)18/h4-5,9H,1-3,6H2,(H,17,18). The third-order valence-electron chi connectivity index (χ3n) is 3.32. The van der Waals surface area contributed by atoms with Crippen molar-refractivity contribution >= 4 is 45.1 Å². The van der Waals surface area contributed by atoms with E-state index < -0.39 is 12.5 Å². The molecule has 110 valence electrons. The normalized spacial score (nSPS) is 18.5. The second-order valence-corrected chi connectivity index (χ2v) is 6.87. The molecule has 0 saturated heterocycles. The third-order valence-corrected chi connectivity index (χ3v) is 5.52. The second-order valence-electron chi connectivity index (χ2n) is 4.78. The Kier molecular flexibility index (Phi) is 3.81. The first-order chi connectivity index (χ1) is 10.1. The van der Waals surface area contributed by atoms with E-state index in [9.17, 15) is 14.4 Å². The third kappa shape index (κ3) is 2.73. The van der Waals surface area contributed by atoms with Gasteiger partial charge in [-0.25, -0.2) is 4.98 Å². The molecule has 2 aromatic rings. The number of hydrogen-bond donors (Lipinski definition) is 1. The van der Waals surface area contributed by atoms with Crippen molar-refractivity contribution in [3.05, 3.63) is 21.8 Å². The number of aromatic nitrogens is 2. The Morgan fingerprint density at radius 1 is 1.52 bits per heavy atom. The van der Waals surface area contributed by atoms with Gasteiger partial charge in [-0.05, 0) is 24.3 Å². The number of carbonyl (C=O) groups excluding carboxylic acids is 1. The first-order valence-electron chi connectivity index (χ1n) is 6.45. The lowest BCUT2D eigenvalue weighted by molar-refractivity contribution is -0.137. The molecule has 8 heteroatoms. The van der Waals surface area contributed by atoms with E-state index in [-0.39, 0.29) is 16.6 Å². The van der Waals surface area contributed by atoms with Crippen molar-refractivity contribution < 1.29 is 14.7 Å². The monoisotopic (exact) mass is 324 g/mol. The molecule has 21 heavy (non-hydrogen) atoms. The molecule has 0 amide bonds. The maximum Gasteiger partial charge on any atom is 0.323 e. The summed E-state index contributed by atoms with van der Waals surface area (Å²) >= 11 is 2.45. The van der Waals surface area contributed by atoms with Gasteiger partial charge in [-0.1, -0.05) is 11.8 Å². The minimum absolute atomic E-state index is 0.140. The van der Waals surface area contributed by atoms with Gasteiger partial charge < -0.3 is 5.11 Å². The maximum absolute atomic E-state index is 12.4. The topological polar surface area (TPSA) is 89.3 Å². The zero-order valence-corrected chi connectivity index (χ0v) is 12.6. The Labute approximate surface area is 127 Å². The highest BCUT2D eigenvalue weighted by molar-refractivity contribution is 8.00. The lowest BCUT2D eigenvalue weighted by Crippen LogP contribution is -2.27. The molecule has 1 unspecified atom stereocenters. The van der Waals surface area contributed by atoms with E-state index in [1.54, 1.807) is 11.4 Å². The van der Waals surface area contributed by atoms with E-state index >= 15 is 0 Å². The summed E-state index contributed by atoms with van der Waals surface area (Å²) in [6.07, 6.45) is 2.12. The van der Waals surface area contributed by atoms with Crippen LogP contribution >= 0.6 is 23.1 Å². The molecule has 1 N–H and O–H groups in total. The molecule has 2 heterocycles. The number of thioether (sulfide) groups is 1. The van der Waals surface area contributed by atoms with Crippen LogP contribution in [0.3, 0.4) is 0 Å². The SMILES string of the molecule is O=C(O)Cn1c(SC2CCCC2=O)nc2ccsc2c1=O. The first kappa shape index (κ1) is 14.3. The summed E-state index contributed by atoms with van der Waals surface area (Å²) in [5.41, 5.74) is 0.199. The van der Waals surface area contributed by atoms with Gasteiger partial charge in [0.25, 0.3) is 5.56 Å². The molecule has 2 aromatic heterocycles. The van der Waals surface area contributed by atoms with Crippen LogP contribution in [0, 0.1) is 0 Å². The van der Waals surface area contributed by atoms with Gasteiger partial charge in [0.1, 0.15) is 17.0 Å². The average molecular weight is 324 g/mol.